The molecule has 1 saturated heterocycles. The van der Waals surface area contributed by atoms with Gasteiger partial charge in [0, 0.05) is 45.1 Å². The second-order valence-corrected chi connectivity index (χ2v) is 7.27. The van der Waals surface area contributed by atoms with Gasteiger partial charge < -0.3 is 9.47 Å². The summed E-state index contributed by atoms with van der Waals surface area (Å²) in [6, 6.07) is 8.39. The number of aryl methyl sites for hydroxylation is 1. The summed E-state index contributed by atoms with van der Waals surface area (Å²) in [6.07, 6.45) is 5.16. The van der Waals surface area contributed by atoms with Gasteiger partial charge in [0.25, 0.3) is 0 Å². The van der Waals surface area contributed by atoms with Gasteiger partial charge in [-0.25, -0.2) is 9.97 Å². The molecular formula is C18H23N5S. The molecule has 0 bridgehead atoms. The molecule has 0 spiro atoms. The van der Waals surface area contributed by atoms with Crippen LogP contribution in [0.25, 0.3) is 10.2 Å². The number of anilines is 1. The first-order valence-electron chi connectivity index (χ1n) is 8.66. The minimum atomic E-state index is 0.945. The first kappa shape index (κ1) is 15.6. The van der Waals surface area contributed by atoms with Gasteiger partial charge in [0.1, 0.15) is 5.82 Å². The summed E-state index contributed by atoms with van der Waals surface area (Å²) < 4.78 is 3.55. The molecular weight excluding hydrogens is 318 g/mol. The van der Waals surface area contributed by atoms with Crippen LogP contribution in [0, 0.1) is 0 Å². The Kier molecular flexibility index (Phi) is 4.49. The number of aromatic nitrogens is 3. The standard InChI is InChI=1S/C18H23N5S/c1-2-8-22-9-7-19-17(22)14-21-10-12-23(13-11-21)18-20-15-5-3-4-6-16(15)24-18/h3-7,9H,2,8,10-14H2,1H3. The van der Waals surface area contributed by atoms with E-state index >= 15 is 0 Å². The van der Waals surface area contributed by atoms with Crippen molar-refractivity contribution in [1.82, 2.24) is 19.4 Å². The second-order valence-electron chi connectivity index (χ2n) is 6.26. The van der Waals surface area contributed by atoms with Crippen LogP contribution in [0.3, 0.4) is 0 Å². The highest BCUT2D eigenvalue weighted by Gasteiger charge is 2.20. The van der Waals surface area contributed by atoms with Gasteiger partial charge in [-0.3, -0.25) is 4.90 Å². The number of benzene rings is 1. The van der Waals surface area contributed by atoms with Crippen molar-refractivity contribution in [1.29, 1.82) is 0 Å². The minimum Gasteiger partial charge on any atom is -0.345 e. The summed E-state index contributed by atoms with van der Waals surface area (Å²) in [5.74, 6) is 1.19. The van der Waals surface area contributed by atoms with Crippen molar-refractivity contribution in [3.63, 3.8) is 0 Å². The predicted molar refractivity (Wildman–Crippen MR) is 99.6 cm³/mol. The van der Waals surface area contributed by atoms with E-state index in [1.54, 1.807) is 11.3 Å². The average Bonchev–Trinajstić information content (AvgIpc) is 3.23. The van der Waals surface area contributed by atoms with Crippen LogP contribution in [0.5, 0.6) is 0 Å². The maximum absolute atomic E-state index is 4.79. The van der Waals surface area contributed by atoms with Crippen LogP contribution in [0.1, 0.15) is 19.2 Å². The van der Waals surface area contributed by atoms with Crippen molar-refractivity contribution in [3.8, 4) is 0 Å². The largest absolute Gasteiger partial charge is 0.345 e. The van der Waals surface area contributed by atoms with Gasteiger partial charge in [0.05, 0.1) is 16.8 Å². The van der Waals surface area contributed by atoms with E-state index in [4.69, 9.17) is 4.98 Å². The van der Waals surface area contributed by atoms with Gasteiger partial charge in [-0.2, -0.15) is 0 Å². The third kappa shape index (κ3) is 3.16. The molecule has 3 heterocycles. The number of imidazole rings is 1. The summed E-state index contributed by atoms with van der Waals surface area (Å²) in [6.45, 7) is 8.41. The zero-order valence-electron chi connectivity index (χ0n) is 14.1. The van der Waals surface area contributed by atoms with E-state index in [1.165, 1.54) is 10.5 Å². The highest BCUT2D eigenvalue weighted by atomic mass is 32.1. The van der Waals surface area contributed by atoms with Crippen LogP contribution in [-0.2, 0) is 13.1 Å². The number of para-hydroxylation sites is 1. The average molecular weight is 341 g/mol. The Labute approximate surface area is 146 Å². The molecule has 0 amide bonds. The number of hydrogen-bond acceptors (Lipinski definition) is 5. The fourth-order valence-corrected chi connectivity index (χ4v) is 4.25. The highest BCUT2D eigenvalue weighted by Crippen LogP contribution is 2.29. The molecule has 2 aromatic heterocycles. The Morgan fingerprint density at radius 3 is 2.75 bits per heavy atom. The first-order valence-corrected chi connectivity index (χ1v) is 9.48. The molecule has 3 aromatic rings. The van der Waals surface area contributed by atoms with Gasteiger partial charge in [0.15, 0.2) is 5.13 Å². The number of piperazine rings is 1. The van der Waals surface area contributed by atoms with Crippen LogP contribution in [0.2, 0.25) is 0 Å². The van der Waals surface area contributed by atoms with Crippen molar-refractivity contribution in [2.75, 3.05) is 31.1 Å². The molecule has 0 atom stereocenters. The molecule has 0 aliphatic carbocycles. The molecule has 1 aliphatic rings. The zero-order chi connectivity index (χ0) is 16.4. The number of nitrogens with zero attached hydrogens (tertiary/aromatic N) is 5. The summed E-state index contributed by atoms with van der Waals surface area (Å²) in [5.41, 5.74) is 1.11. The maximum atomic E-state index is 4.79. The maximum Gasteiger partial charge on any atom is 0.186 e. The molecule has 0 saturated carbocycles. The minimum absolute atomic E-state index is 0.945. The quantitative estimate of drug-likeness (QED) is 0.714. The van der Waals surface area contributed by atoms with Gasteiger partial charge in [-0.1, -0.05) is 30.4 Å². The molecule has 0 unspecified atom stereocenters. The van der Waals surface area contributed by atoms with E-state index in [0.29, 0.717) is 0 Å². The van der Waals surface area contributed by atoms with Crippen LogP contribution >= 0.6 is 11.3 Å². The number of rotatable bonds is 5. The molecule has 5 nitrogen and oxygen atoms in total. The topological polar surface area (TPSA) is 37.2 Å². The third-order valence-corrected chi connectivity index (χ3v) is 5.65. The smallest absolute Gasteiger partial charge is 0.186 e. The molecule has 126 valence electrons. The molecule has 1 aliphatic heterocycles. The van der Waals surface area contributed by atoms with Gasteiger partial charge in [-0.15, -0.1) is 0 Å². The molecule has 1 fully saturated rings. The highest BCUT2D eigenvalue weighted by molar-refractivity contribution is 7.22. The fourth-order valence-electron chi connectivity index (χ4n) is 3.23. The van der Waals surface area contributed by atoms with E-state index in [9.17, 15) is 0 Å². The lowest BCUT2D eigenvalue weighted by Crippen LogP contribution is -2.46. The van der Waals surface area contributed by atoms with Crippen LogP contribution < -0.4 is 4.90 Å². The van der Waals surface area contributed by atoms with Crippen molar-refractivity contribution < 1.29 is 0 Å². The lowest BCUT2D eigenvalue weighted by Gasteiger charge is -2.34. The Morgan fingerprint density at radius 1 is 1.12 bits per heavy atom. The Bertz CT molecular complexity index is 767. The Balaban J connectivity index is 1.38. The molecule has 0 radical (unpaired) electrons. The summed E-state index contributed by atoms with van der Waals surface area (Å²) >= 11 is 1.80. The van der Waals surface area contributed by atoms with Crippen LogP contribution in [0.15, 0.2) is 36.7 Å². The zero-order valence-corrected chi connectivity index (χ0v) is 14.9. The van der Waals surface area contributed by atoms with Gasteiger partial charge in [-0.05, 0) is 18.6 Å². The molecule has 1 aromatic carbocycles. The van der Waals surface area contributed by atoms with E-state index in [0.717, 1.165) is 56.3 Å². The summed E-state index contributed by atoms with van der Waals surface area (Å²) in [4.78, 5) is 14.2. The van der Waals surface area contributed by atoms with Crippen LogP contribution in [-0.4, -0.2) is 45.6 Å². The molecule has 6 heteroatoms. The third-order valence-electron chi connectivity index (χ3n) is 4.56. The van der Waals surface area contributed by atoms with E-state index in [1.807, 2.05) is 6.20 Å². The molecule has 4 rings (SSSR count). The first-order chi connectivity index (χ1) is 11.8. The molecule has 0 N–H and O–H groups in total. The SMILES string of the molecule is CCCn1ccnc1CN1CCN(c2nc3ccccc3s2)CC1. The van der Waals surface area contributed by atoms with Crippen molar-refractivity contribution >= 4 is 26.7 Å². The van der Waals surface area contributed by atoms with Crippen molar-refractivity contribution in [3.05, 3.63) is 42.5 Å². The lowest BCUT2D eigenvalue weighted by atomic mass is 10.3. The van der Waals surface area contributed by atoms with Crippen molar-refractivity contribution in [2.45, 2.75) is 26.4 Å². The predicted octanol–water partition coefficient (Wildman–Crippen LogP) is 3.23. The van der Waals surface area contributed by atoms with E-state index in [2.05, 4.69) is 56.7 Å². The van der Waals surface area contributed by atoms with Crippen LogP contribution in [0.4, 0.5) is 5.13 Å². The van der Waals surface area contributed by atoms with E-state index < -0.39 is 0 Å². The number of thiazole rings is 1. The summed E-state index contributed by atoms with van der Waals surface area (Å²) in [5, 5.41) is 1.16. The van der Waals surface area contributed by atoms with Crippen molar-refractivity contribution in [2.24, 2.45) is 0 Å². The Hall–Kier alpha value is -1.92. The number of hydrogen-bond donors (Lipinski definition) is 0. The fraction of sp³-hybridized carbons (Fsp3) is 0.444. The monoisotopic (exact) mass is 341 g/mol. The van der Waals surface area contributed by atoms with Gasteiger partial charge >= 0.3 is 0 Å². The normalized spacial score (nSPS) is 16.1. The number of fused-ring (bicyclic) bond motifs is 1. The van der Waals surface area contributed by atoms with Gasteiger partial charge in [0.2, 0.25) is 0 Å². The molecule has 24 heavy (non-hydrogen) atoms. The Morgan fingerprint density at radius 2 is 1.96 bits per heavy atom. The second kappa shape index (κ2) is 6.91. The van der Waals surface area contributed by atoms with E-state index in [-0.39, 0.29) is 0 Å². The summed E-state index contributed by atoms with van der Waals surface area (Å²) in [7, 11) is 0. The lowest BCUT2D eigenvalue weighted by molar-refractivity contribution is 0.240.